The second kappa shape index (κ2) is 13.5. The van der Waals surface area contributed by atoms with Crippen LogP contribution in [0.1, 0.15) is 6.92 Å². The monoisotopic (exact) mass is 630 g/mol. The third-order valence-electron chi connectivity index (χ3n) is 6.21. The van der Waals surface area contributed by atoms with E-state index < -0.39 is 19.8 Å². The molecule has 1 heterocycles. The summed E-state index contributed by atoms with van der Waals surface area (Å²) in [5.41, 5.74) is 2.60. The van der Waals surface area contributed by atoms with Gasteiger partial charge in [0, 0.05) is 11.3 Å². The Morgan fingerprint density at radius 1 is 0.625 bits per heavy atom. The fourth-order valence-corrected chi connectivity index (χ4v) is 11.6. The van der Waals surface area contributed by atoms with Gasteiger partial charge in [-0.3, -0.25) is 4.79 Å². The average Bonchev–Trinajstić information content (AvgIpc) is 3.49. The molecule has 1 aliphatic rings. The van der Waals surface area contributed by atoms with Gasteiger partial charge in [0.15, 0.2) is 5.78 Å². The Morgan fingerprint density at radius 2 is 1.07 bits per heavy atom. The Bertz CT molecular complexity index is 1520. The number of benzene rings is 4. The number of hydrogen-bond acceptors (Lipinski definition) is 5. The van der Waals surface area contributed by atoms with Crippen molar-refractivity contribution in [2.24, 2.45) is 0 Å². The zero-order valence-electron chi connectivity index (χ0n) is 22.1. The first-order chi connectivity index (χ1) is 19.7. The number of nitrogens with one attached hydrogen (secondary N) is 1. The van der Waals surface area contributed by atoms with E-state index in [0.29, 0.717) is 11.9 Å². The van der Waals surface area contributed by atoms with Crippen molar-refractivity contribution >= 4 is 42.3 Å². The summed E-state index contributed by atoms with van der Waals surface area (Å²) in [5.74, 6) is 0.441. The van der Waals surface area contributed by atoms with Gasteiger partial charge in [-0.25, -0.2) is 0 Å². The van der Waals surface area contributed by atoms with Crippen molar-refractivity contribution < 1.29 is 9.21 Å². The van der Waals surface area contributed by atoms with Gasteiger partial charge >= 0.3 is 128 Å². The van der Waals surface area contributed by atoms with Gasteiger partial charge < -0.3 is 9.73 Å². The van der Waals surface area contributed by atoms with Crippen LogP contribution >= 0.6 is 0 Å². The predicted molar refractivity (Wildman–Crippen MR) is 163 cm³/mol. The standard InChI is InChI=1S/C16H13N3O2.3C6H5.Sn/c1-11(12-7-9-14(20)10-8-12)17-16-19-18-15(21-16)13-5-3-2-4-6-13;3*1-2-4-6-5-3-1;/h2-10H,1H3,(H,17,19);3*1-5H;. The van der Waals surface area contributed by atoms with Crippen molar-refractivity contribution in [1.29, 1.82) is 0 Å². The molecule has 0 atom stereocenters. The number of carbonyl (C=O) groups is 1. The quantitative estimate of drug-likeness (QED) is 0.258. The first-order valence-electron chi connectivity index (χ1n) is 13.0. The SMILES string of the molecule is CC(Nc1nnc(-c2ccccc2)o1)=C1C=CC(=O)C=C1.c1cc[c]([Sn]([c]2ccccc2)[c]2ccccc2)cc1. The third kappa shape index (κ3) is 7.12. The van der Waals surface area contributed by atoms with Gasteiger partial charge in [-0.15, -0.1) is 5.10 Å². The van der Waals surface area contributed by atoms with Crippen LogP contribution in [0.5, 0.6) is 0 Å². The molecule has 0 fully saturated rings. The fourth-order valence-electron chi connectivity index (χ4n) is 4.22. The third-order valence-corrected chi connectivity index (χ3v) is 14.0. The average molecular weight is 629 g/mol. The molecule has 5 nitrogen and oxygen atoms in total. The van der Waals surface area contributed by atoms with Crippen molar-refractivity contribution in [3.8, 4) is 11.5 Å². The predicted octanol–water partition coefficient (Wildman–Crippen LogP) is 5.32. The van der Waals surface area contributed by atoms with Crippen LogP contribution in [-0.4, -0.2) is 35.7 Å². The maximum atomic E-state index is 11.1. The maximum absolute atomic E-state index is 11.1. The Kier molecular flexibility index (Phi) is 9.17. The van der Waals surface area contributed by atoms with E-state index >= 15 is 0 Å². The number of rotatable bonds is 6. The normalized spacial score (nSPS) is 12.2. The molecular weight excluding hydrogens is 601 g/mol. The number of aromatic nitrogens is 2. The van der Waals surface area contributed by atoms with Crippen molar-refractivity contribution in [3.05, 3.63) is 157 Å². The Balaban J connectivity index is 0.000000162. The number of carbonyl (C=O) groups excluding carboxylic acids is 1. The van der Waals surface area contributed by atoms with Gasteiger partial charge in [-0.2, -0.15) is 0 Å². The molecule has 0 spiro atoms. The molecule has 0 aliphatic heterocycles. The van der Waals surface area contributed by atoms with Crippen LogP contribution in [-0.2, 0) is 4.79 Å². The first-order valence-corrected chi connectivity index (χ1v) is 17.3. The molecule has 0 saturated carbocycles. The van der Waals surface area contributed by atoms with Gasteiger partial charge in [0.2, 0.25) is 5.89 Å². The van der Waals surface area contributed by atoms with Crippen LogP contribution in [0.2, 0.25) is 0 Å². The molecule has 4 aromatic carbocycles. The molecule has 1 N–H and O–H groups in total. The van der Waals surface area contributed by atoms with Crippen molar-refractivity contribution in [2.45, 2.75) is 6.92 Å². The summed E-state index contributed by atoms with van der Waals surface area (Å²) in [4.78, 5) is 11.1. The van der Waals surface area contributed by atoms with E-state index in [0.717, 1.165) is 16.8 Å². The van der Waals surface area contributed by atoms with E-state index in [-0.39, 0.29) is 5.78 Å². The van der Waals surface area contributed by atoms with E-state index in [9.17, 15) is 4.79 Å². The molecule has 40 heavy (non-hydrogen) atoms. The fraction of sp³-hybridized carbons (Fsp3) is 0.0294. The Hall–Kier alpha value is -4.49. The number of ketones is 1. The second-order valence-corrected chi connectivity index (χ2v) is 16.1. The molecule has 0 bridgehead atoms. The molecule has 0 unspecified atom stereocenters. The molecule has 1 radical (unpaired) electrons. The first kappa shape index (κ1) is 27.1. The van der Waals surface area contributed by atoms with Crippen LogP contribution in [0.15, 0.2) is 161 Å². The van der Waals surface area contributed by atoms with Crippen LogP contribution in [0, 0.1) is 0 Å². The van der Waals surface area contributed by atoms with Crippen LogP contribution in [0.25, 0.3) is 11.5 Å². The second-order valence-electron chi connectivity index (χ2n) is 9.03. The molecule has 5 aromatic rings. The van der Waals surface area contributed by atoms with Crippen molar-refractivity contribution in [1.82, 2.24) is 10.2 Å². The van der Waals surface area contributed by atoms with E-state index in [1.807, 2.05) is 37.3 Å². The molecular formula is C34H28N3O2Sn. The van der Waals surface area contributed by atoms with E-state index in [1.165, 1.54) is 22.9 Å². The summed E-state index contributed by atoms with van der Waals surface area (Å²) in [7, 11) is 0. The van der Waals surface area contributed by atoms with Crippen molar-refractivity contribution in [2.75, 3.05) is 5.32 Å². The number of nitrogens with zero attached hydrogens (tertiary/aromatic N) is 2. The van der Waals surface area contributed by atoms with Crippen LogP contribution in [0.4, 0.5) is 6.01 Å². The summed E-state index contributed by atoms with van der Waals surface area (Å²) in [6, 6.07) is 42.8. The zero-order valence-corrected chi connectivity index (χ0v) is 24.9. The Morgan fingerprint density at radius 3 is 1.55 bits per heavy atom. The summed E-state index contributed by atoms with van der Waals surface area (Å²) in [6.45, 7) is 1.88. The molecule has 1 aliphatic carbocycles. The van der Waals surface area contributed by atoms with E-state index in [2.05, 4.69) is 107 Å². The van der Waals surface area contributed by atoms with Gasteiger partial charge in [0.1, 0.15) is 0 Å². The minimum atomic E-state index is -1.98. The molecule has 6 heteroatoms. The minimum absolute atomic E-state index is 0.0179. The summed E-state index contributed by atoms with van der Waals surface area (Å²) < 4.78 is 10.2. The summed E-state index contributed by atoms with van der Waals surface area (Å²) >= 11 is -1.98. The van der Waals surface area contributed by atoms with Gasteiger partial charge in [-0.05, 0) is 48.9 Å². The van der Waals surface area contributed by atoms with E-state index in [4.69, 9.17) is 4.42 Å². The molecule has 195 valence electrons. The molecule has 1 aromatic heterocycles. The number of hydrogen-bond donors (Lipinski definition) is 1. The molecule has 6 rings (SSSR count). The van der Waals surface area contributed by atoms with Crippen LogP contribution in [0.3, 0.4) is 0 Å². The molecule has 0 saturated heterocycles. The van der Waals surface area contributed by atoms with E-state index in [1.54, 1.807) is 12.2 Å². The van der Waals surface area contributed by atoms with Gasteiger partial charge in [0.05, 0.1) is 0 Å². The number of allylic oxidation sites excluding steroid dienone is 6. The summed E-state index contributed by atoms with van der Waals surface area (Å²) in [6.07, 6.45) is 6.53. The molecule has 0 amide bonds. The van der Waals surface area contributed by atoms with Crippen molar-refractivity contribution in [3.63, 3.8) is 0 Å². The summed E-state index contributed by atoms with van der Waals surface area (Å²) in [5, 5.41) is 11.0. The van der Waals surface area contributed by atoms with Crippen LogP contribution < -0.4 is 16.1 Å². The zero-order chi connectivity index (χ0) is 27.6. The van der Waals surface area contributed by atoms with Gasteiger partial charge in [0.25, 0.3) is 0 Å². The number of anilines is 1. The van der Waals surface area contributed by atoms with Gasteiger partial charge in [-0.1, -0.05) is 23.3 Å². The topological polar surface area (TPSA) is 68.0 Å². The Labute approximate surface area is 241 Å².